The third kappa shape index (κ3) is 2.85. The highest BCUT2D eigenvalue weighted by Gasteiger charge is 2.28. The molecule has 1 aromatic rings. The van der Waals surface area contributed by atoms with E-state index in [9.17, 15) is 0 Å². The van der Waals surface area contributed by atoms with Crippen LogP contribution in [-0.2, 0) is 0 Å². The van der Waals surface area contributed by atoms with Crippen LogP contribution in [0.15, 0.2) is 24.3 Å². The number of anilines is 1. The molecule has 18 heavy (non-hydrogen) atoms. The van der Waals surface area contributed by atoms with Gasteiger partial charge >= 0.3 is 0 Å². The van der Waals surface area contributed by atoms with Crippen molar-refractivity contribution in [1.82, 2.24) is 10.2 Å². The summed E-state index contributed by atoms with van der Waals surface area (Å²) in [7, 11) is 4.27. The number of likely N-dealkylation sites (N-methyl/N-ethyl adjacent to an activating group) is 2. The summed E-state index contributed by atoms with van der Waals surface area (Å²) in [5, 5.41) is 3.30. The standard InChI is InChI=1S/C15H25N3/c1-12-6-5-7-14(8-12)18-10-13(2)17(4)15(11-18)9-16-3/h5-8,13,15-16H,9-11H2,1-4H3. The van der Waals surface area contributed by atoms with E-state index in [0.29, 0.717) is 12.1 Å². The lowest BCUT2D eigenvalue weighted by Crippen LogP contribution is -2.58. The van der Waals surface area contributed by atoms with Gasteiger partial charge in [-0.15, -0.1) is 0 Å². The van der Waals surface area contributed by atoms with Crippen molar-refractivity contribution in [2.24, 2.45) is 0 Å². The molecule has 0 aliphatic carbocycles. The summed E-state index contributed by atoms with van der Waals surface area (Å²) < 4.78 is 0. The molecule has 2 unspecified atom stereocenters. The van der Waals surface area contributed by atoms with Gasteiger partial charge in [-0.2, -0.15) is 0 Å². The molecule has 2 rings (SSSR count). The van der Waals surface area contributed by atoms with Gasteiger partial charge in [0.05, 0.1) is 0 Å². The monoisotopic (exact) mass is 247 g/mol. The molecule has 0 amide bonds. The number of hydrogen-bond acceptors (Lipinski definition) is 3. The second-order valence-corrected chi connectivity index (χ2v) is 5.47. The zero-order valence-corrected chi connectivity index (χ0v) is 12.0. The van der Waals surface area contributed by atoms with E-state index in [-0.39, 0.29) is 0 Å². The molecule has 1 fully saturated rings. The predicted octanol–water partition coefficient (Wildman–Crippen LogP) is 1.72. The molecule has 100 valence electrons. The highest BCUT2D eigenvalue weighted by atomic mass is 15.3. The van der Waals surface area contributed by atoms with E-state index in [1.54, 1.807) is 0 Å². The Morgan fingerprint density at radius 1 is 1.33 bits per heavy atom. The molecule has 1 heterocycles. The van der Waals surface area contributed by atoms with Crippen LogP contribution < -0.4 is 10.2 Å². The molecule has 3 heteroatoms. The van der Waals surface area contributed by atoms with Crippen molar-refractivity contribution in [3.63, 3.8) is 0 Å². The van der Waals surface area contributed by atoms with Crippen LogP contribution in [0.3, 0.4) is 0 Å². The Labute approximate surface area is 111 Å². The van der Waals surface area contributed by atoms with Gasteiger partial charge < -0.3 is 10.2 Å². The van der Waals surface area contributed by atoms with Crippen molar-refractivity contribution in [2.75, 3.05) is 38.6 Å². The van der Waals surface area contributed by atoms with Crippen LogP contribution in [0.2, 0.25) is 0 Å². The number of benzene rings is 1. The van der Waals surface area contributed by atoms with Crippen molar-refractivity contribution in [1.29, 1.82) is 0 Å². The molecule has 0 bridgehead atoms. The summed E-state index contributed by atoms with van der Waals surface area (Å²) in [5.74, 6) is 0. The van der Waals surface area contributed by atoms with Crippen LogP contribution in [0.1, 0.15) is 12.5 Å². The Hall–Kier alpha value is -1.06. The molecule has 0 radical (unpaired) electrons. The predicted molar refractivity (Wildman–Crippen MR) is 78.3 cm³/mol. The minimum absolute atomic E-state index is 0.583. The molecule has 1 aliphatic rings. The van der Waals surface area contributed by atoms with E-state index in [2.05, 4.69) is 60.3 Å². The maximum Gasteiger partial charge on any atom is 0.0396 e. The van der Waals surface area contributed by atoms with Crippen molar-refractivity contribution >= 4 is 5.69 Å². The van der Waals surface area contributed by atoms with Crippen LogP contribution in [0.25, 0.3) is 0 Å². The summed E-state index contributed by atoms with van der Waals surface area (Å²) in [6, 6.07) is 10.0. The minimum Gasteiger partial charge on any atom is -0.368 e. The average molecular weight is 247 g/mol. The third-order valence-corrected chi connectivity index (χ3v) is 3.99. The average Bonchev–Trinajstić information content (AvgIpc) is 2.35. The van der Waals surface area contributed by atoms with E-state index in [1.807, 2.05) is 7.05 Å². The molecular weight excluding hydrogens is 222 g/mol. The molecule has 2 atom stereocenters. The smallest absolute Gasteiger partial charge is 0.0396 e. The maximum absolute atomic E-state index is 3.30. The van der Waals surface area contributed by atoms with Gasteiger partial charge in [-0.3, -0.25) is 4.90 Å². The topological polar surface area (TPSA) is 18.5 Å². The van der Waals surface area contributed by atoms with Gasteiger partial charge in [-0.05, 0) is 45.6 Å². The lowest BCUT2D eigenvalue weighted by molar-refractivity contribution is 0.157. The van der Waals surface area contributed by atoms with Crippen molar-refractivity contribution < 1.29 is 0 Å². The fraction of sp³-hybridized carbons (Fsp3) is 0.600. The number of nitrogens with zero attached hydrogens (tertiary/aromatic N) is 2. The van der Waals surface area contributed by atoms with Crippen LogP contribution in [0.4, 0.5) is 5.69 Å². The Morgan fingerprint density at radius 3 is 2.78 bits per heavy atom. The highest BCUT2D eigenvalue weighted by molar-refractivity contribution is 5.49. The first kappa shape index (κ1) is 13.4. The number of hydrogen-bond donors (Lipinski definition) is 1. The van der Waals surface area contributed by atoms with Crippen molar-refractivity contribution in [2.45, 2.75) is 25.9 Å². The molecule has 1 aromatic carbocycles. The lowest BCUT2D eigenvalue weighted by Gasteiger charge is -2.45. The van der Waals surface area contributed by atoms with E-state index < -0.39 is 0 Å². The summed E-state index contributed by atoms with van der Waals surface area (Å²) in [5.41, 5.74) is 2.69. The number of rotatable bonds is 3. The SMILES string of the molecule is CNCC1CN(c2cccc(C)c2)CC(C)N1C. The highest BCUT2D eigenvalue weighted by Crippen LogP contribution is 2.22. The van der Waals surface area contributed by atoms with Crippen molar-refractivity contribution in [3.05, 3.63) is 29.8 Å². The minimum atomic E-state index is 0.583. The summed E-state index contributed by atoms with van der Waals surface area (Å²) >= 11 is 0. The molecule has 1 aliphatic heterocycles. The van der Waals surface area contributed by atoms with Gasteiger partial charge in [-0.1, -0.05) is 12.1 Å². The van der Waals surface area contributed by atoms with Gasteiger partial charge in [0.25, 0.3) is 0 Å². The molecule has 0 aromatic heterocycles. The van der Waals surface area contributed by atoms with Crippen LogP contribution in [-0.4, -0.2) is 50.7 Å². The Bertz CT molecular complexity index is 391. The van der Waals surface area contributed by atoms with Gasteiger partial charge in [0.1, 0.15) is 0 Å². The van der Waals surface area contributed by atoms with Gasteiger partial charge in [0.2, 0.25) is 0 Å². The van der Waals surface area contributed by atoms with Gasteiger partial charge in [-0.25, -0.2) is 0 Å². The Kier molecular flexibility index (Phi) is 4.25. The summed E-state index contributed by atoms with van der Waals surface area (Å²) in [6.45, 7) is 7.73. The first-order valence-corrected chi connectivity index (χ1v) is 6.80. The Balaban J connectivity index is 2.14. The third-order valence-electron chi connectivity index (χ3n) is 3.99. The van der Waals surface area contributed by atoms with E-state index in [1.165, 1.54) is 11.3 Å². The van der Waals surface area contributed by atoms with Gasteiger partial charge in [0.15, 0.2) is 0 Å². The second kappa shape index (κ2) is 5.72. The van der Waals surface area contributed by atoms with Crippen LogP contribution in [0, 0.1) is 6.92 Å². The zero-order valence-electron chi connectivity index (χ0n) is 12.0. The lowest BCUT2D eigenvalue weighted by atomic mass is 10.1. The zero-order chi connectivity index (χ0) is 13.1. The number of piperazine rings is 1. The normalized spacial score (nSPS) is 25.4. The first-order chi connectivity index (χ1) is 8.61. The van der Waals surface area contributed by atoms with Gasteiger partial charge in [0, 0.05) is 37.4 Å². The number of aryl methyl sites for hydroxylation is 1. The first-order valence-electron chi connectivity index (χ1n) is 6.80. The Morgan fingerprint density at radius 2 is 2.11 bits per heavy atom. The van der Waals surface area contributed by atoms with E-state index in [4.69, 9.17) is 0 Å². The second-order valence-electron chi connectivity index (χ2n) is 5.47. The summed E-state index contributed by atoms with van der Waals surface area (Å²) in [4.78, 5) is 5.00. The van der Waals surface area contributed by atoms with E-state index in [0.717, 1.165) is 19.6 Å². The molecule has 0 saturated carbocycles. The fourth-order valence-corrected chi connectivity index (χ4v) is 2.74. The quantitative estimate of drug-likeness (QED) is 0.877. The van der Waals surface area contributed by atoms with Crippen LogP contribution >= 0.6 is 0 Å². The molecule has 0 spiro atoms. The van der Waals surface area contributed by atoms with E-state index >= 15 is 0 Å². The molecule has 3 nitrogen and oxygen atoms in total. The molecule has 1 N–H and O–H groups in total. The number of nitrogens with one attached hydrogen (secondary N) is 1. The van der Waals surface area contributed by atoms with Crippen molar-refractivity contribution in [3.8, 4) is 0 Å². The summed E-state index contributed by atoms with van der Waals surface area (Å²) in [6.07, 6.45) is 0. The maximum atomic E-state index is 3.30. The fourth-order valence-electron chi connectivity index (χ4n) is 2.74. The molecule has 1 saturated heterocycles. The van der Waals surface area contributed by atoms with Crippen LogP contribution in [0.5, 0.6) is 0 Å². The largest absolute Gasteiger partial charge is 0.368 e. The molecular formula is C15H25N3.